The minimum Gasteiger partial charge on any atom is -0.496 e. The van der Waals surface area contributed by atoms with Gasteiger partial charge in [-0.2, -0.15) is 0 Å². The van der Waals surface area contributed by atoms with Crippen LogP contribution in [0.25, 0.3) is 0 Å². The lowest BCUT2D eigenvalue weighted by molar-refractivity contribution is -0.121. The van der Waals surface area contributed by atoms with Crippen LogP contribution in [0.1, 0.15) is 36.3 Å². The Kier molecular flexibility index (Phi) is 5.82. The van der Waals surface area contributed by atoms with E-state index in [0.29, 0.717) is 12.2 Å². The van der Waals surface area contributed by atoms with Gasteiger partial charge in [0.15, 0.2) is 0 Å². The Morgan fingerprint density at radius 2 is 2.17 bits per heavy atom. The molecule has 2 N–H and O–H groups in total. The molecule has 0 aliphatic heterocycles. The number of aliphatic hydroxyl groups is 1. The molecule has 0 saturated carbocycles. The largest absolute Gasteiger partial charge is 0.496 e. The molecule has 5 nitrogen and oxygen atoms in total. The number of rotatable bonds is 7. The fourth-order valence-corrected chi connectivity index (χ4v) is 2.48. The molecule has 1 heterocycles. The summed E-state index contributed by atoms with van der Waals surface area (Å²) in [5, 5.41) is 12.9. The normalized spacial score (nSPS) is 13.4. The Hall–Kier alpha value is -2.27. The fourth-order valence-electron chi connectivity index (χ4n) is 2.48. The van der Waals surface area contributed by atoms with Gasteiger partial charge in [-0.25, -0.2) is 0 Å². The summed E-state index contributed by atoms with van der Waals surface area (Å²) >= 11 is 0. The van der Waals surface area contributed by atoms with E-state index in [9.17, 15) is 9.90 Å². The Morgan fingerprint density at radius 1 is 1.39 bits per heavy atom. The number of carbonyl (C=O) groups is 1. The summed E-state index contributed by atoms with van der Waals surface area (Å²) < 4.78 is 10.4. The van der Waals surface area contributed by atoms with Crippen LogP contribution in [0.2, 0.25) is 0 Å². The van der Waals surface area contributed by atoms with Crippen LogP contribution in [0.5, 0.6) is 5.75 Å². The first-order valence-electron chi connectivity index (χ1n) is 7.64. The number of carbonyl (C=O) groups excluding carboxylic acids is 1. The van der Waals surface area contributed by atoms with E-state index in [-0.39, 0.29) is 18.4 Å². The zero-order chi connectivity index (χ0) is 16.8. The summed E-state index contributed by atoms with van der Waals surface area (Å²) in [6.45, 7) is 3.82. The number of furan rings is 1. The molecule has 2 atom stereocenters. The van der Waals surface area contributed by atoms with Crippen LogP contribution in [0.4, 0.5) is 0 Å². The first-order valence-corrected chi connectivity index (χ1v) is 7.64. The molecule has 124 valence electrons. The smallest absolute Gasteiger partial charge is 0.224 e. The number of hydrogen-bond donors (Lipinski definition) is 2. The van der Waals surface area contributed by atoms with E-state index in [2.05, 4.69) is 5.32 Å². The summed E-state index contributed by atoms with van der Waals surface area (Å²) in [5.41, 5.74) is 1.93. The second kappa shape index (κ2) is 7.83. The summed E-state index contributed by atoms with van der Waals surface area (Å²) in [4.78, 5) is 12.1. The number of nitrogens with one attached hydrogen (secondary N) is 1. The van der Waals surface area contributed by atoms with Gasteiger partial charge in [0.2, 0.25) is 5.91 Å². The van der Waals surface area contributed by atoms with Crippen molar-refractivity contribution in [2.45, 2.75) is 38.8 Å². The highest BCUT2D eigenvalue weighted by molar-refractivity contribution is 5.79. The van der Waals surface area contributed by atoms with Crippen molar-refractivity contribution < 1.29 is 19.1 Å². The Bertz CT molecular complexity index is 636. The van der Waals surface area contributed by atoms with E-state index in [0.717, 1.165) is 16.9 Å². The lowest BCUT2D eigenvalue weighted by atomic mass is 10.1. The molecule has 1 aromatic carbocycles. The van der Waals surface area contributed by atoms with Crippen LogP contribution >= 0.6 is 0 Å². The average Bonchev–Trinajstić information content (AvgIpc) is 3.03. The standard InChI is InChI=1S/C18H23NO4/c1-12-6-7-14(10-17(12)22-3)11-18(21)19-13(2)9-15(20)16-5-4-8-23-16/h4-8,10,13,15,20H,9,11H2,1-3H3,(H,19,21). The molecule has 1 aromatic heterocycles. The molecule has 0 fully saturated rings. The monoisotopic (exact) mass is 317 g/mol. The molecule has 2 aromatic rings. The third-order valence-corrected chi connectivity index (χ3v) is 3.69. The third-order valence-electron chi connectivity index (χ3n) is 3.69. The van der Waals surface area contributed by atoms with Crippen molar-refractivity contribution in [1.29, 1.82) is 0 Å². The van der Waals surface area contributed by atoms with Crippen LogP contribution in [0.3, 0.4) is 0 Å². The highest BCUT2D eigenvalue weighted by Crippen LogP contribution is 2.20. The molecule has 0 bridgehead atoms. The van der Waals surface area contributed by atoms with Gasteiger partial charge in [0, 0.05) is 12.5 Å². The summed E-state index contributed by atoms with van der Waals surface area (Å²) in [6, 6.07) is 9.02. The molecular weight excluding hydrogens is 294 g/mol. The zero-order valence-corrected chi connectivity index (χ0v) is 13.7. The molecular formula is C18H23NO4. The topological polar surface area (TPSA) is 71.7 Å². The first kappa shape index (κ1) is 17.1. The van der Waals surface area contributed by atoms with Gasteiger partial charge >= 0.3 is 0 Å². The van der Waals surface area contributed by atoms with Crippen molar-refractivity contribution in [2.75, 3.05) is 7.11 Å². The van der Waals surface area contributed by atoms with Crippen LogP contribution in [0.15, 0.2) is 41.0 Å². The van der Waals surface area contributed by atoms with E-state index in [1.807, 2.05) is 32.0 Å². The van der Waals surface area contributed by atoms with Crippen LogP contribution in [-0.2, 0) is 11.2 Å². The number of hydrogen-bond acceptors (Lipinski definition) is 4. The van der Waals surface area contributed by atoms with Crippen molar-refractivity contribution >= 4 is 5.91 Å². The lowest BCUT2D eigenvalue weighted by Crippen LogP contribution is -2.34. The molecule has 5 heteroatoms. The van der Waals surface area contributed by atoms with Crippen LogP contribution < -0.4 is 10.1 Å². The SMILES string of the molecule is COc1cc(CC(=O)NC(C)CC(O)c2ccco2)ccc1C. The number of aryl methyl sites for hydroxylation is 1. The van der Waals surface area contributed by atoms with Gasteiger partial charge < -0.3 is 19.6 Å². The maximum absolute atomic E-state index is 12.1. The van der Waals surface area contributed by atoms with Gasteiger partial charge in [-0.15, -0.1) is 0 Å². The second-order valence-electron chi connectivity index (χ2n) is 5.72. The zero-order valence-electron chi connectivity index (χ0n) is 13.7. The lowest BCUT2D eigenvalue weighted by Gasteiger charge is -2.17. The summed E-state index contributed by atoms with van der Waals surface area (Å²) in [6.07, 6.45) is 1.47. The van der Waals surface area contributed by atoms with E-state index in [1.54, 1.807) is 19.2 Å². The molecule has 2 rings (SSSR count). The molecule has 0 saturated heterocycles. The van der Waals surface area contributed by atoms with Crippen molar-refractivity contribution in [1.82, 2.24) is 5.32 Å². The van der Waals surface area contributed by atoms with E-state index < -0.39 is 6.10 Å². The van der Waals surface area contributed by atoms with E-state index in [1.165, 1.54) is 6.26 Å². The number of ether oxygens (including phenoxy) is 1. The first-order chi connectivity index (χ1) is 11.0. The number of methoxy groups -OCH3 is 1. The van der Waals surface area contributed by atoms with E-state index >= 15 is 0 Å². The minimum atomic E-state index is -0.722. The van der Waals surface area contributed by atoms with Gasteiger partial charge in [0.25, 0.3) is 0 Å². The molecule has 0 aliphatic carbocycles. The van der Waals surface area contributed by atoms with Gasteiger partial charge in [-0.1, -0.05) is 12.1 Å². The van der Waals surface area contributed by atoms with Crippen molar-refractivity contribution in [3.63, 3.8) is 0 Å². The van der Waals surface area contributed by atoms with Crippen molar-refractivity contribution in [3.8, 4) is 5.75 Å². The fraction of sp³-hybridized carbons (Fsp3) is 0.389. The van der Waals surface area contributed by atoms with Gasteiger partial charge in [-0.05, 0) is 43.2 Å². The Morgan fingerprint density at radius 3 is 2.83 bits per heavy atom. The van der Waals surface area contributed by atoms with Crippen molar-refractivity contribution in [2.24, 2.45) is 0 Å². The van der Waals surface area contributed by atoms with Crippen LogP contribution in [0, 0.1) is 6.92 Å². The molecule has 0 spiro atoms. The highest BCUT2D eigenvalue weighted by Gasteiger charge is 2.16. The summed E-state index contributed by atoms with van der Waals surface area (Å²) in [7, 11) is 1.62. The average molecular weight is 317 g/mol. The molecule has 0 aliphatic rings. The summed E-state index contributed by atoms with van der Waals surface area (Å²) in [5.74, 6) is 1.20. The molecule has 23 heavy (non-hydrogen) atoms. The minimum absolute atomic E-state index is 0.0879. The van der Waals surface area contributed by atoms with Gasteiger partial charge in [0.05, 0.1) is 19.8 Å². The third kappa shape index (κ3) is 4.86. The van der Waals surface area contributed by atoms with Gasteiger partial charge in [-0.3, -0.25) is 4.79 Å². The van der Waals surface area contributed by atoms with Crippen LogP contribution in [-0.4, -0.2) is 24.2 Å². The predicted molar refractivity (Wildman–Crippen MR) is 87.3 cm³/mol. The molecule has 2 unspecified atom stereocenters. The van der Waals surface area contributed by atoms with Gasteiger partial charge in [0.1, 0.15) is 17.6 Å². The highest BCUT2D eigenvalue weighted by atomic mass is 16.5. The molecule has 0 radical (unpaired) electrons. The maximum atomic E-state index is 12.1. The van der Waals surface area contributed by atoms with Crippen molar-refractivity contribution in [3.05, 3.63) is 53.5 Å². The predicted octanol–water partition coefficient (Wildman–Crippen LogP) is 2.77. The molecule has 1 amide bonds. The number of aliphatic hydroxyl groups excluding tert-OH is 1. The second-order valence-corrected chi connectivity index (χ2v) is 5.72. The Balaban J connectivity index is 1.86. The Labute approximate surface area is 136 Å². The van der Waals surface area contributed by atoms with E-state index in [4.69, 9.17) is 9.15 Å². The maximum Gasteiger partial charge on any atom is 0.224 e. The number of amides is 1. The number of benzene rings is 1. The quantitative estimate of drug-likeness (QED) is 0.823.